The van der Waals surface area contributed by atoms with Gasteiger partial charge in [0, 0.05) is 6.61 Å². The van der Waals surface area contributed by atoms with E-state index in [1.54, 1.807) is 0 Å². The van der Waals surface area contributed by atoms with Gasteiger partial charge in [0.05, 0.1) is 6.61 Å². The van der Waals surface area contributed by atoms with Crippen LogP contribution in [0, 0.1) is 5.92 Å². The highest BCUT2D eigenvalue weighted by atomic mass is 16.5. The summed E-state index contributed by atoms with van der Waals surface area (Å²) in [5, 5.41) is 0. The molecule has 0 aromatic heterocycles. The Bertz CT molecular complexity index is 136. The predicted molar refractivity (Wildman–Crippen MR) is 58.8 cm³/mol. The molecule has 0 spiro atoms. The summed E-state index contributed by atoms with van der Waals surface area (Å²) in [6.45, 7) is 9.61. The summed E-state index contributed by atoms with van der Waals surface area (Å²) >= 11 is 0. The van der Waals surface area contributed by atoms with Crippen LogP contribution in [0.15, 0.2) is 24.8 Å². The Balaban J connectivity index is 3.07. The number of ether oxygens (including phenoxy) is 1. The zero-order chi connectivity index (χ0) is 9.94. The minimum Gasteiger partial charge on any atom is -0.377 e. The first kappa shape index (κ1) is 12.4. The van der Waals surface area contributed by atoms with E-state index in [0.29, 0.717) is 5.92 Å². The summed E-state index contributed by atoms with van der Waals surface area (Å²) < 4.78 is 5.39. The summed E-state index contributed by atoms with van der Waals surface area (Å²) in [7, 11) is 0. The van der Waals surface area contributed by atoms with Gasteiger partial charge in [-0.1, -0.05) is 32.1 Å². The Morgan fingerprint density at radius 2 is 2.00 bits per heavy atom. The van der Waals surface area contributed by atoms with E-state index in [1.165, 1.54) is 6.42 Å². The molecular weight excluding hydrogens is 160 g/mol. The fraction of sp³-hybridized carbons (Fsp3) is 0.667. The molecule has 0 aliphatic rings. The van der Waals surface area contributed by atoms with Gasteiger partial charge in [-0.05, 0) is 25.2 Å². The van der Waals surface area contributed by atoms with Crippen molar-refractivity contribution in [1.29, 1.82) is 0 Å². The lowest BCUT2D eigenvalue weighted by Crippen LogP contribution is -2.01. The summed E-state index contributed by atoms with van der Waals surface area (Å²) in [6, 6.07) is 0. The molecule has 0 fully saturated rings. The van der Waals surface area contributed by atoms with Gasteiger partial charge >= 0.3 is 0 Å². The highest BCUT2D eigenvalue weighted by Crippen LogP contribution is 1.97. The second kappa shape index (κ2) is 9.53. The maximum absolute atomic E-state index is 5.39. The lowest BCUT2D eigenvalue weighted by atomic mass is 10.2. The lowest BCUT2D eigenvalue weighted by molar-refractivity contribution is 0.134. The van der Waals surface area contributed by atoms with Crippen molar-refractivity contribution in [2.24, 2.45) is 5.92 Å². The summed E-state index contributed by atoms with van der Waals surface area (Å²) in [4.78, 5) is 0. The third-order valence-electron chi connectivity index (χ3n) is 1.61. The molecule has 76 valence electrons. The van der Waals surface area contributed by atoms with Crippen LogP contribution in [0.3, 0.4) is 0 Å². The standard InChI is InChI=1S/C12H22O/c1-4-5-6-7-8-9-10-13-11-12(2)3/h4,8-9,12H,1,5-7,10-11H2,2-3H3. The lowest BCUT2D eigenvalue weighted by Gasteiger charge is -2.02. The van der Waals surface area contributed by atoms with Crippen molar-refractivity contribution in [3.05, 3.63) is 24.8 Å². The minimum absolute atomic E-state index is 0.633. The largest absolute Gasteiger partial charge is 0.377 e. The van der Waals surface area contributed by atoms with Gasteiger partial charge in [-0.25, -0.2) is 0 Å². The Kier molecular flexibility index (Phi) is 9.12. The molecule has 0 bridgehead atoms. The van der Waals surface area contributed by atoms with Gasteiger partial charge in [-0.2, -0.15) is 0 Å². The molecular formula is C12H22O. The molecule has 0 heterocycles. The molecule has 1 nitrogen and oxygen atoms in total. The van der Waals surface area contributed by atoms with Crippen LogP contribution in [0.2, 0.25) is 0 Å². The molecule has 0 aliphatic carbocycles. The van der Waals surface area contributed by atoms with Gasteiger partial charge in [0.15, 0.2) is 0 Å². The fourth-order valence-electron chi connectivity index (χ4n) is 0.938. The Morgan fingerprint density at radius 3 is 2.62 bits per heavy atom. The first-order valence-electron chi connectivity index (χ1n) is 5.11. The van der Waals surface area contributed by atoms with Crippen LogP contribution in [-0.2, 0) is 4.74 Å². The van der Waals surface area contributed by atoms with Crippen LogP contribution in [0.1, 0.15) is 33.1 Å². The highest BCUT2D eigenvalue weighted by Gasteiger charge is 1.90. The molecule has 0 unspecified atom stereocenters. The first-order valence-corrected chi connectivity index (χ1v) is 5.11. The average molecular weight is 182 g/mol. The van der Waals surface area contributed by atoms with E-state index in [9.17, 15) is 0 Å². The van der Waals surface area contributed by atoms with Gasteiger partial charge in [-0.15, -0.1) is 6.58 Å². The number of unbranched alkanes of at least 4 members (excludes halogenated alkanes) is 2. The van der Waals surface area contributed by atoms with Crippen molar-refractivity contribution in [3.63, 3.8) is 0 Å². The molecule has 0 amide bonds. The van der Waals surface area contributed by atoms with Crippen LogP contribution in [0.25, 0.3) is 0 Å². The van der Waals surface area contributed by atoms with E-state index < -0.39 is 0 Å². The first-order chi connectivity index (χ1) is 6.27. The number of hydrogen-bond donors (Lipinski definition) is 0. The normalized spacial score (nSPS) is 11.3. The number of allylic oxidation sites excluding steroid dienone is 2. The van der Waals surface area contributed by atoms with E-state index in [-0.39, 0.29) is 0 Å². The number of hydrogen-bond acceptors (Lipinski definition) is 1. The minimum atomic E-state index is 0.633. The molecule has 0 aromatic carbocycles. The van der Waals surface area contributed by atoms with Crippen molar-refractivity contribution in [2.45, 2.75) is 33.1 Å². The third kappa shape index (κ3) is 11.4. The molecule has 0 N–H and O–H groups in total. The smallest absolute Gasteiger partial charge is 0.0647 e. The van der Waals surface area contributed by atoms with Gasteiger partial charge in [-0.3, -0.25) is 0 Å². The third-order valence-corrected chi connectivity index (χ3v) is 1.61. The Labute approximate surface area is 82.5 Å². The van der Waals surface area contributed by atoms with Crippen molar-refractivity contribution in [2.75, 3.05) is 13.2 Å². The van der Waals surface area contributed by atoms with Crippen LogP contribution in [0.4, 0.5) is 0 Å². The summed E-state index contributed by atoms with van der Waals surface area (Å²) in [5.41, 5.74) is 0. The molecule has 0 atom stereocenters. The molecule has 0 saturated carbocycles. The predicted octanol–water partition coefficient (Wildman–Crippen LogP) is 3.57. The van der Waals surface area contributed by atoms with E-state index in [1.807, 2.05) is 6.08 Å². The highest BCUT2D eigenvalue weighted by molar-refractivity contribution is 4.82. The Hall–Kier alpha value is -0.560. The maximum Gasteiger partial charge on any atom is 0.0647 e. The number of rotatable bonds is 8. The monoisotopic (exact) mass is 182 g/mol. The molecule has 0 rings (SSSR count). The molecule has 0 saturated heterocycles. The van der Waals surface area contributed by atoms with Gasteiger partial charge < -0.3 is 4.74 Å². The summed E-state index contributed by atoms with van der Waals surface area (Å²) in [5.74, 6) is 0.633. The van der Waals surface area contributed by atoms with Crippen LogP contribution >= 0.6 is 0 Å². The van der Waals surface area contributed by atoms with Crippen LogP contribution in [-0.4, -0.2) is 13.2 Å². The maximum atomic E-state index is 5.39. The van der Waals surface area contributed by atoms with Crippen molar-refractivity contribution >= 4 is 0 Å². The van der Waals surface area contributed by atoms with Crippen molar-refractivity contribution < 1.29 is 4.74 Å². The second-order valence-corrected chi connectivity index (χ2v) is 3.62. The van der Waals surface area contributed by atoms with Crippen LogP contribution < -0.4 is 0 Å². The fourth-order valence-corrected chi connectivity index (χ4v) is 0.938. The zero-order valence-electron chi connectivity index (χ0n) is 8.96. The molecule has 0 radical (unpaired) electrons. The average Bonchev–Trinajstić information content (AvgIpc) is 2.09. The van der Waals surface area contributed by atoms with Gasteiger partial charge in [0.2, 0.25) is 0 Å². The van der Waals surface area contributed by atoms with Gasteiger partial charge in [0.25, 0.3) is 0 Å². The second-order valence-electron chi connectivity index (χ2n) is 3.62. The molecule has 1 heteroatoms. The summed E-state index contributed by atoms with van der Waals surface area (Å²) in [6.07, 6.45) is 9.69. The molecule has 13 heavy (non-hydrogen) atoms. The van der Waals surface area contributed by atoms with Crippen molar-refractivity contribution in [3.8, 4) is 0 Å². The SMILES string of the molecule is C=CCCCC=CCOCC(C)C. The Morgan fingerprint density at radius 1 is 1.23 bits per heavy atom. The zero-order valence-corrected chi connectivity index (χ0v) is 8.96. The quantitative estimate of drug-likeness (QED) is 0.412. The van der Waals surface area contributed by atoms with Gasteiger partial charge in [0.1, 0.15) is 0 Å². The van der Waals surface area contributed by atoms with E-state index in [2.05, 4.69) is 32.6 Å². The molecule has 0 aliphatic heterocycles. The van der Waals surface area contributed by atoms with E-state index in [4.69, 9.17) is 4.74 Å². The van der Waals surface area contributed by atoms with E-state index >= 15 is 0 Å². The van der Waals surface area contributed by atoms with Crippen molar-refractivity contribution in [1.82, 2.24) is 0 Å². The molecule has 0 aromatic rings. The van der Waals surface area contributed by atoms with E-state index in [0.717, 1.165) is 26.1 Å². The van der Waals surface area contributed by atoms with Crippen LogP contribution in [0.5, 0.6) is 0 Å². The topological polar surface area (TPSA) is 9.23 Å².